The first kappa shape index (κ1) is 25.6. The third-order valence-corrected chi connectivity index (χ3v) is 7.78. The molecule has 36 heavy (non-hydrogen) atoms. The van der Waals surface area contributed by atoms with Crippen LogP contribution in [0, 0.1) is 17.0 Å². The number of hydrogen-bond donors (Lipinski definition) is 0. The van der Waals surface area contributed by atoms with Gasteiger partial charge in [-0.05, 0) is 60.7 Å². The van der Waals surface area contributed by atoms with Gasteiger partial charge < -0.3 is 4.18 Å². The van der Waals surface area contributed by atoms with Gasteiger partial charge in [0.25, 0.3) is 16.8 Å². The van der Waals surface area contributed by atoms with Crippen LogP contribution in [0.5, 0.6) is 5.75 Å². The number of rotatable bonds is 7. The predicted molar refractivity (Wildman–Crippen MR) is 138 cm³/mol. The van der Waals surface area contributed by atoms with Crippen molar-refractivity contribution in [3.8, 4) is 5.75 Å². The lowest BCUT2D eigenvalue weighted by atomic mass is 10.1. The number of thioether (sulfide) groups is 1. The Hall–Kier alpha value is -3.48. The number of halogens is 1. The summed E-state index contributed by atoms with van der Waals surface area (Å²) in [5.41, 5.74) is 1.61. The minimum atomic E-state index is -4.15. The molecule has 1 fully saturated rings. The quantitative estimate of drug-likeness (QED) is 0.150. The number of aryl methyl sites for hydroxylation is 1. The fraction of sp³-hybridized carbons (Fsp3) is 0.0833. The summed E-state index contributed by atoms with van der Waals surface area (Å²) in [6.45, 7) is 1.77. The van der Waals surface area contributed by atoms with Crippen molar-refractivity contribution in [2.45, 2.75) is 18.4 Å². The molecular weight excluding hydrogens is 572 g/mol. The molecule has 0 unspecified atom stereocenters. The van der Waals surface area contributed by atoms with Crippen molar-refractivity contribution >= 4 is 60.7 Å². The molecule has 1 saturated heterocycles. The first-order valence-electron chi connectivity index (χ1n) is 10.3. The summed E-state index contributed by atoms with van der Waals surface area (Å²) in [6.07, 6.45) is 1.39. The number of amides is 2. The highest BCUT2D eigenvalue weighted by Gasteiger charge is 2.35. The van der Waals surface area contributed by atoms with E-state index in [1.54, 1.807) is 24.3 Å². The molecule has 0 radical (unpaired) electrons. The highest BCUT2D eigenvalue weighted by molar-refractivity contribution is 9.10. The maximum atomic E-state index is 13.0. The standard InChI is InChI=1S/C24H17BrN2O7S2/c1-15-2-9-20(10-3-15)36(32,33)34-21-11-6-18(25)12-17(21)13-22-23(28)26(24(29)35-22)14-16-4-7-19(8-5-16)27(30)31/h2-13H,14H2,1H3/b22-13-. The van der Waals surface area contributed by atoms with Gasteiger partial charge in [-0.25, -0.2) is 0 Å². The van der Waals surface area contributed by atoms with E-state index in [-0.39, 0.29) is 33.3 Å². The molecule has 1 aliphatic heterocycles. The molecule has 3 aromatic rings. The Morgan fingerprint density at radius 3 is 2.36 bits per heavy atom. The zero-order valence-electron chi connectivity index (χ0n) is 18.6. The average Bonchev–Trinajstić information content (AvgIpc) is 3.08. The number of carbonyl (C=O) groups excluding carboxylic acids is 2. The number of carbonyl (C=O) groups is 2. The van der Waals surface area contributed by atoms with Gasteiger partial charge in [-0.2, -0.15) is 8.42 Å². The Balaban J connectivity index is 1.59. The Kier molecular flexibility index (Phi) is 7.29. The molecule has 0 spiro atoms. The molecule has 0 aromatic heterocycles. The number of nitro groups is 1. The zero-order chi connectivity index (χ0) is 26.0. The molecule has 1 aliphatic rings. The van der Waals surface area contributed by atoms with Gasteiger partial charge in [-0.15, -0.1) is 0 Å². The van der Waals surface area contributed by atoms with Gasteiger partial charge in [0.2, 0.25) is 0 Å². The van der Waals surface area contributed by atoms with Crippen molar-refractivity contribution in [2.24, 2.45) is 0 Å². The molecule has 3 aromatic carbocycles. The van der Waals surface area contributed by atoms with E-state index in [9.17, 15) is 28.1 Å². The minimum absolute atomic E-state index is 0.0130. The van der Waals surface area contributed by atoms with Crippen molar-refractivity contribution in [3.05, 3.63) is 103 Å². The van der Waals surface area contributed by atoms with Crippen LogP contribution >= 0.6 is 27.7 Å². The number of imide groups is 1. The van der Waals surface area contributed by atoms with Gasteiger partial charge in [0.15, 0.2) is 0 Å². The molecule has 0 aliphatic carbocycles. The van der Waals surface area contributed by atoms with Crippen LogP contribution in [0.3, 0.4) is 0 Å². The van der Waals surface area contributed by atoms with Crippen LogP contribution in [0.4, 0.5) is 10.5 Å². The maximum Gasteiger partial charge on any atom is 0.339 e. The van der Waals surface area contributed by atoms with Gasteiger partial charge in [-0.3, -0.25) is 24.6 Å². The third-order valence-electron chi connectivity index (χ3n) is 5.13. The summed E-state index contributed by atoms with van der Waals surface area (Å²) < 4.78 is 31.6. The summed E-state index contributed by atoms with van der Waals surface area (Å²) in [4.78, 5) is 36.9. The molecule has 184 valence electrons. The number of nitro benzene ring substituents is 1. The lowest BCUT2D eigenvalue weighted by molar-refractivity contribution is -0.384. The van der Waals surface area contributed by atoms with E-state index in [0.29, 0.717) is 21.8 Å². The molecule has 2 amide bonds. The van der Waals surface area contributed by atoms with Crippen molar-refractivity contribution in [2.75, 3.05) is 0 Å². The average molecular weight is 589 g/mol. The zero-order valence-corrected chi connectivity index (χ0v) is 21.8. The second kappa shape index (κ2) is 10.2. The number of non-ortho nitro benzene ring substituents is 1. The molecule has 12 heteroatoms. The van der Waals surface area contributed by atoms with Crippen LogP contribution in [-0.4, -0.2) is 29.4 Å². The van der Waals surface area contributed by atoms with E-state index in [2.05, 4.69) is 15.9 Å². The Morgan fingerprint density at radius 1 is 1.06 bits per heavy atom. The predicted octanol–water partition coefficient (Wildman–Crippen LogP) is 5.67. The third kappa shape index (κ3) is 5.66. The fourth-order valence-electron chi connectivity index (χ4n) is 3.26. The molecule has 0 N–H and O–H groups in total. The maximum absolute atomic E-state index is 13.0. The molecule has 0 saturated carbocycles. The molecule has 9 nitrogen and oxygen atoms in total. The SMILES string of the molecule is Cc1ccc(S(=O)(=O)Oc2ccc(Br)cc2/C=C2\SC(=O)N(Cc3ccc([N+](=O)[O-])cc3)C2=O)cc1. The van der Waals surface area contributed by atoms with Crippen molar-refractivity contribution in [1.29, 1.82) is 0 Å². The second-order valence-corrected chi connectivity index (χ2v) is 11.2. The summed E-state index contributed by atoms with van der Waals surface area (Å²) >= 11 is 4.03. The first-order valence-corrected chi connectivity index (χ1v) is 13.3. The minimum Gasteiger partial charge on any atom is -0.378 e. The Labute approximate surface area is 219 Å². The summed E-state index contributed by atoms with van der Waals surface area (Å²) in [7, 11) is -4.15. The van der Waals surface area contributed by atoms with Crippen LogP contribution in [0.1, 0.15) is 16.7 Å². The smallest absolute Gasteiger partial charge is 0.339 e. The van der Waals surface area contributed by atoms with Crippen molar-refractivity contribution < 1.29 is 27.1 Å². The molecular formula is C24H17BrN2O7S2. The number of nitrogens with zero attached hydrogens (tertiary/aromatic N) is 2. The summed E-state index contributed by atoms with van der Waals surface area (Å²) in [5.74, 6) is -0.586. The molecule has 0 bridgehead atoms. The van der Waals surface area contributed by atoms with Gasteiger partial charge in [0.1, 0.15) is 10.6 Å². The number of hydrogen-bond acceptors (Lipinski definition) is 8. The van der Waals surface area contributed by atoms with E-state index in [1.165, 1.54) is 48.5 Å². The van der Waals surface area contributed by atoms with Gasteiger partial charge in [-0.1, -0.05) is 45.8 Å². The fourth-order valence-corrected chi connectivity index (χ4v) is 5.42. The van der Waals surface area contributed by atoms with Gasteiger partial charge in [0.05, 0.1) is 16.4 Å². The van der Waals surface area contributed by atoms with Crippen LogP contribution in [-0.2, 0) is 21.5 Å². The van der Waals surface area contributed by atoms with Gasteiger partial charge >= 0.3 is 10.1 Å². The van der Waals surface area contributed by atoms with E-state index in [0.717, 1.165) is 10.5 Å². The summed E-state index contributed by atoms with van der Waals surface area (Å²) in [6, 6.07) is 16.3. The molecule has 1 heterocycles. The van der Waals surface area contributed by atoms with E-state index in [1.807, 2.05) is 6.92 Å². The normalized spacial score (nSPS) is 14.9. The van der Waals surface area contributed by atoms with Crippen LogP contribution in [0.15, 0.2) is 81.0 Å². The number of benzene rings is 3. The van der Waals surface area contributed by atoms with Crippen LogP contribution in [0.25, 0.3) is 6.08 Å². The summed E-state index contributed by atoms with van der Waals surface area (Å²) in [5, 5.41) is 10.3. The highest BCUT2D eigenvalue weighted by atomic mass is 79.9. The lowest BCUT2D eigenvalue weighted by Gasteiger charge is -2.12. The highest BCUT2D eigenvalue weighted by Crippen LogP contribution is 2.36. The first-order chi connectivity index (χ1) is 17.0. The monoisotopic (exact) mass is 588 g/mol. The second-order valence-electron chi connectivity index (χ2n) is 7.72. The van der Waals surface area contributed by atoms with E-state index >= 15 is 0 Å². The largest absolute Gasteiger partial charge is 0.378 e. The lowest BCUT2D eigenvalue weighted by Crippen LogP contribution is -2.27. The molecule has 0 atom stereocenters. The van der Waals surface area contributed by atoms with Gasteiger partial charge in [0, 0.05) is 22.2 Å². The molecule has 4 rings (SSSR count). The van der Waals surface area contributed by atoms with Crippen molar-refractivity contribution in [1.82, 2.24) is 4.90 Å². The topological polar surface area (TPSA) is 124 Å². The van der Waals surface area contributed by atoms with Crippen molar-refractivity contribution in [3.63, 3.8) is 0 Å². The Bertz CT molecular complexity index is 1500. The Morgan fingerprint density at radius 2 is 1.72 bits per heavy atom. The van der Waals surface area contributed by atoms with E-state index in [4.69, 9.17) is 4.18 Å². The van der Waals surface area contributed by atoms with Crippen LogP contribution < -0.4 is 4.18 Å². The van der Waals surface area contributed by atoms with Crippen LogP contribution in [0.2, 0.25) is 0 Å². The van der Waals surface area contributed by atoms with E-state index < -0.39 is 26.2 Å².